The molecule has 3 aromatic heterocycles. The van der Waals surface area contributed by atoms with E-state index in [-0.39, 0.29) is 0 Å². The molecule has 0 amide bonds. The number of fused-ring (bicyclic) bond motifs is 3. The number of pyridine rings is 1. The molecule has 106 valence electrons. The second-order valence-electron chi connectivity index (χ2n) is 4.73. The van der Waals surface area contributed by atoms with Gasteiger partial charge in [-0.15, -0.1) is 11.6 Å². The molecule has 0 unspecified atom stereocenters. The molecule has 7 heteroatoms. The van der Waals surface area contributed by atoms with Crippen LogP contribution in [0.25, 0.3) is 16.7 Å². The Balaban J connectivity index is 2.50. The van der Waals surface area contributed by atoms with Gasteiger partial charge < -0.3 is 0 Å². The molecule has 0 aliphatic carbocycles. The highest BCUT2D eigenvalue weighted by molar-refractivity contribution is 6.36. The van der Waals surface area contributed by atoms with Crippen LogP contribution in [-0.2, 0) is 6.42 Å². The van der Waals surface area contributed by atoms with E-state index in [1.54, 1.807) is 4.52 Å². The van der Waals surface area contributed by atoms with Crippen LogP contribution in [0.1, 0.15) is 22.5 Å². The summed E-state index contributed by atoms with van der Waals surface area (Å²) in [6.07, 6.45) is 2.13. The number of rotatable bonds is 2. The second-order valence-corrected chi connectivity index (χ2v) is 5.49. The molecular weight excluding hydrogens is 309 g/mol. The summed E-state index contributed by atoms with van der Waals surface area (Å²) < 4.78 is 1.56. The van der Waals surface area contributed by atoms with Gasteiger partial charge in [0.15, 0.2) is 11.3 Å². The van der Waals surface area contributed by atoms with E-state index in [9.17, 15) is 0 Å². The van der Waals surface area contributed by atoms with Gasteiger partial charge in [0.1, 0.15) is 11.6 Å². The first-order valence-electron chi connectivity index (χ1n) is 6.37. The molecule has 0 saturated carbocycles. The smallest absolute Gasteiger partial charge is 0.175 e. The van der Waals surface area contributed by atoms with Crippen LogP contribution in [0.5, 0.6) is 0 Å². The van der Waals surface area contributed by atoms with Crippen molar-refractivity contribution in [2.24, 2.45) is 0 Å². The molecule has 0 aliphatic rings. The fraction of sp³-hybridized carbons (Fsp3) is 0.286. The molecule has 0 fully saturated rings. The van der Waals surface area contributed by atoms with Crippen molar-refractivity contribution in [1.29, 1.82) is 5.26 Å². The number of hydrogen-bond donors (Lipinski definition) is 0. The minimum absolute atomic E-state index is 0.417. The van der Waals surface area contributed by atoms with Gasteiger partial charge in [-0.25, -0.2) is 9.97 Å². The van der Waals surface area contributed by atoms with Crippen molar-refractivity contribution in [2.75, 3.05) is 5.88 Å². The summed E-state index contributed by atoms with van der Waals surface area (Å²) in [6, 6.07) is 2.08. The number of hydrogen-bond acceptors (Lipinski definition) is 4. The third-order valence-corrected chi connectivity index (χ3v) is 4.07. The number of nitriles is 1. The largest absolute Gasteiger partial charge is 0.233 e. The first-order valence-corrected chi connectivity index (χ1v) is 7.28. The molecule has 21 heavy (non-hydrogen) atoms. The zero-order valence-corrected chi connectivity index (χ0v) is 13.0. The van der Waals surface area contributed by atoms with E-state index in [0.29, 0.717) is 34.2 Å². The molecule has 0 aliphatic heterocycles. The van der Waals surface area contributed by atoms with Gasteiger partial charge in [-0.05, 0) is 25.8 Å². The van der Waals surface area contributed by atoms with E-state index in [1.807, 2.05) is 13.8 Å². The van der Waals surface area contributed by atoms with Crippen molar-refractivity contribution >= 4 is 39.9 Å². The maximum absolute atomic E-state index is 9.11. The van der Waals surface area contributed by atoms with Crippen LogP contribution >= 0.6 is 23.2 Å². The van der Waals surface area contributed by atoms with E-state index in [4.69, 9.17) is 28.5 Å². The first kappa shape index (κ1) is 14.1. The van der Waals surface area contributed by atoms with Crippen molar-refractivity contribution in [3.8, 4) is 6.07 Å². The summed E-state index contributed by atoms with van der Waals surface area (Å²) in [6.45, 7) is 3.74. The van der Waals surface area contributed by atoms with Crippen molar-refractivity contribution in [1.82, 2.24) is 19.6 Å². The molecule has 3 heterocycles. The Morgan fingerprint density at radius 3 is 2.62 bits per heavy atom. The first-order chi connectivity index (χ1) is 10.1. The lowest BCUT2D eigenvalue weighted by molar-refractivity contribution is 0.942. The fourth-order valence-corrected chi connectivity index (χ4v) is 3.09. The average Bonchev–Trinajstić information content (AvgIpc) is 2.85. The standard InChI is InChI=1S/C14H11Cl2N5/c1-7-10(3-4-15)12(16)11-8(2)20-13-9(5-17)6-18-21(13)14(11)19-7/h6H,3-4H2,1-2H3. The molecule has 0 N–H and O–H groups in total. The fourth-order valence-electron chi connectivity index (χ4n) is 2.45. The lowest BCUT2D eigenvalue weighted by atomic mass is 10.1. The molecular formula is C14H11Cl2N5. The van der Waals surface area contributed by atoms with Gasteiger partial charge in [0.2, 0.25) is 0 Å². The van der Waals surface area contributed by atoms with Gasteiger partial charge >= 0.3 is 0 Å². The number of halogens is 2. The van der Waals surface area contributed by atoms with Crippen molar-refractivity contribution in [2.45, 2.75) is 20.3 Å². The van der Waals surface area contributed by atoms with Gasteiger partial charge in [-0.1, -0.05) is 11.6 Å². The Hall–Kier alpha value is -1.90. The predicted molar refractivity (Wildman–Crippen MR) is 81.9 cm³/mol. The van der Waals surface area contributed by atoms with E-state index in [2.05, 4.69) is 21.1 Å². The zero-order chi connectivity index (χ0) is 15.1. The van der Waals surface area contributed by atoms with Gasteiger partial charge in [0.25, 0.3) is 0 Å². The van der Waals surface area contributed by atoms with Crippen LogP contribution in [0.3, 0.4) is 0 Å². The van der Waals surface area contributed by atoms with Crippen molar-refractivity contribution in [3.05, 3.63) is 33.7 Å². The second kappa shape index (κ2) is 5.14. The van der Waals surface area contributed by atoms with Gasteiger partial charge in [-0.2, -0.15) is 14.9 Å². The Morgan fingerprint density at radius 2 is 1.95 bits per heavy atom. The number of nitrogens with zero attached hydrogens (tertiary/aromatic N) is 5. The maximum atomic E-state index is 9.11. The Labute approximate surface area is 131 Å². The molecule has 0 atom stereocenters. The van der Waals surface area contributed by atoms with Gasteiger partial charge in [0, 0.05) is 11.6 Å². The Kier molecular flexibility index (Phi) is 3.44. The Morgan fingerprint density at radius 1 is 1.24 bits per heavy atom. The number of aromatic nitrogens is 4. The number of aryl methyl sites for hydroxylation is 2. The monoisotopic (exact) mass is 319 g/mol. The molecule has 0 spiro atoms. The van der Waals surface area contributed by atoms with Crippen LogP contribution in [-0.4, -0.2) is 25.5 Å². The van der Waals surface area contributed by atoms with Crippen LogP contribution in [0.2, 0.25) is 5.02 Å². The molecule has 0 aromatic carbocycles. The van der Waals surface area contributed by atoms with Crippen LogP contribution in [0.4, 0.5) is 0 Å². The van der Waals surface area contributed by atoms with Crippen LogP contribution in [0.15, 0.2) is 6.20 Å². The van der Waals surface area contributed by atoms with Crippen LogP contribution < -0.4 is 0 Å². The van der Waals surface area contributed by atoms with Gasteiger partial charge in [0.05, 0.1) is 22.3 Å². The SMILES string of the molecule is Cc1nc2c(c(C)nc3c(C#N)cnn32)c(Cl)c1CCCl. The van der Waals surface area contributed by atoms with Crippen LogP contribution in [0, 0.1) is 25.2 Å². The minimum atomic E-state index is 0.417. The molecule has 3 rings (SSSR count). The molecule has 3 aromatic rings. The molecule has 0 saturated heterocycles. The van der Waals surface area contributed by atoms with E-state index in [1.165, 1.54) is 6.20 Å². The average molecular weight is 320 g/mol. The summed E-state index contributed by atoms with van der Waals surface area (Å²) in [4.78, 5) is 9.05. The molecule has 0 bridgehead atoms. The molecule has 5 nitrogen and oxygen atoms in total. The lowest BCUT2D eigenvalue weighted by Gasteiger charge is -2.12. The topological polar surface area (TPSA) is 66.9 Å². The predicted octanol–water partition coefficient (Wildman–Crippen LogP) is 3.20. The van der Waals surface area contributed by atoms with E-state index < -0.39 is 0 Å². The van der Waals surface area contributed by atoms with Crippen molar-refractivity contribution < 1.29 is 0 Å². The highest BCUT2D eigenvalue weighted by atomic mass is 35.5. The quantitative estimate of drug-likeness (QED) is 0.680. The molecule has 0 radical (unpaired) electrons. The van der Waals surface area contributed by atoms with E-state index >= 15 is 0 Å². The summed E-state index contributed by atoms with van der Waals surface area (Å²) in [5.41, 5.74) is 3.99. The summed E-state index contributed by atoms with van der Waals surface area (Å²) in [5, 5.41) is 14.7. The zero-order valence-electron chi connectivity index (χ0n) is 11.5. The lowest BCUT2D eigenvalue weighted by Crippen LogP contribution is -2.04. The van der Waals surface area contributed by atoms with Gasteiger partial charge in [-0.3, -0.25) is 0 Å². The highest BCUT2D eigenvalue weighted by Gasteiger charge is 2.18. The normalized spacial score (nSPS) is 11.2. The van der Waals surface area contributed by atoms with E-state index in [0.717, 1.165) is 22.3 Å². The Bertz CT molecular complexity index is 907. The van der Waals surface area contributed by atoms with Crippen molar-refractivity contribution in [3.63, 3.8) is 0 Å². The summed E-state index contributed by atoms with van der Waals surface area (Å²) >= 11 is 12.4. The maximum Gasteiger partial charge on any atom is 0.175 e. The third-order valence-electron chi connectivity index (χ3n) is 3.46. The summed E-state index contributed by atoms with van der Waals surface area (Å²) in [7, 11) is 0. The summed E-state index contributed by atoms with van der Waals surface area (Å²) in [5.74, 6) is 0.475. The minimum Gasteiger partial charge on any atom is -0.233 e. The third kappa shape index (κ3) is 2.03. The number of alkyl halides is 1. The highest BCUT2D eigenvalue weighted by Crippen LogP contribution is 2.31.